The summed E-state index contributed by atoms with van der Waals surface area (Å²) < 4.78 is 16.7. The van der Waals surface area contributed by atoms with Gasteiger partial charge in [0.1, 0.15) is 13.2 Å². The highest BCUT2D eigenvalue weighted by molar-refractivity contribution is 5.71. The summed E-state index contributed by atoms with van der Waals surface area (Å²) in [7, 11) is 0. The number of rotatable bonds is 43. The number of esters is 3. The molecular weight excluding hydrogens is 769 g/mol. The van der Waals surface area contributed by atoms with E-state index in [0.717, 1.165) is 77.0 Å². The summed E-state index contributed by atoms with van der Waals surface area (Å²) in [4.78, 5) is 37.9. The van der Waals surface area contributed by atoms with Gasteiger partial charge in [-0.25, -0.2) is 0 Å². The molecule has 0 heterocycles. The van der Waals surface area contributed by atoms with Gasteiger partial charge < -0.3 is 14.2 Å². The van der Waals surface area contributed by atoms with E-state index in [1.54, 1.807) is 0 Å². The van der Waals surface area contributed by atoms with Crippen LogP contribution in [-0.4, -0.2) is 37.2 Å². The first-order valence-electron chi connectivity index (χ1n) is 25.0. The highest BCUT2D eigenvalue weighted by Gasteiger charge is 2.19. The van der Waals surface area contributed by atoms with Crippen LogP contribution in [0.1, 0.15) is 207 Å². The molecule has 0 spiro atoms. The topological polar surface area (TPSA) is 78.9 Å². The van der Waals surface area contributed by atoms with Crippen LogP contribution >= 0.6 is 0 Å². The van der Waals surface area contributed by atoms with Crippen molar-refractivity contribution in [2.24, 2.45) is 0 Å². The molecule has 0 aliphatic heterocycles. The van der Waals surface area contributed by atoms with E-state index in [1.165, 1.54) is 83.5 Å². The van der Waals surface area contributed by atoms with E-state index in [-0.39, 0.29) is 37.5 Å². The predicted octanol–water partition coefficient (Wildman–Crippen LogP) is 16.4. The Hall–Kier alpha value is -3.93. The third-order valence-corrected chi connectivity index (χ3v) is 10.2. The average molecular weight is 859 g/mol. The van der Waals surface area contributed by atoms with Gasteiger partial charge in [0.2, 0.25) is 0 Å². The molecule has 0 aromatic heterocycles. The molecule has 0 saturated carbocycles. The fraction of sp³-hybridized carbons (Fsp3) is 0.625. The van der Waals surface area contributed by atoms with E-state index < -0.39 is 6.10 Å². The van der Waals surface area contributed by atoms with Gasteiger partial charge in [-0.2, -0.15) is 0 Å². The molecule has 1 atom stereocenters. The Labute approximate surface area is 380 Å². The lowest BCUT2D eigenvalue weighted by atomic mass is 10.0. The summed E-state index contributed by atoms with van der Waals surface area (Å²) in [5, 5.41) is 0. The van der Waals surface area contributed by atoms with E-state index in [1.807, 2.05) is 60.8 Å². The third-order valence-electron chi connectivity index (χ3n) is 10.2. The summed E-state index contributed by atoms with van der Waals surface area (Å²) in [5.41, 5.74) is 0. The first-order valence-corrected chi connectivity index (χ1v) is 25.0. The minimum Gasteiger partial charge on any atom is -0.462 e. The predicted molar refractivity (Wildman–Crippen MR) is 265 cm³/mol. The smallest absolute Gasteiger partial charge is 0.306 e. The average Bonchev–Trinajstić information content (AvgIpc) is 3.27. The monoisotopic (exact) mass is 859 g/mol. The summed E-state index contributed by atoms with van der Waals surface area (Å²) >= 11 is 0. The SMILES string of the molecule is CC\C=C/C=C\C=C/C=C\C=C\C=C/CCCCCC(=O)OCC(COC(=O)CCC/C=C\C/C=C\C/C=C\CC)OC(=O)CCCCCCCCCCCCCCCCCC. The van der Waals surface area contributed by atoms with Crippen molar-refractivity contribution in [2.45, 2.75) is 213 Å². The van der Waals surface area contributed by atoms with E-state index in [0.29, 0.717) is 19.3 Å². The molecule has 0 N–H and O–H groups in total. The van der Waals surface area contributed by atoms with Gasteiger partial charge in [0.25, 0.3) is 0 Å². The first kappa shape index (κ1) is 58.1. The lowest BCUT2D eigenvalue weighted by molar-refractivity contribution is -0.167. The molecule has 0 saturated heterocycles. The number of unbranched alkanes of at least 4 members (excludes halogenated alkanes) is 19. The minimum atomic E-state index is -0.816. The number of ether oxygens (including phenoxy) is 3. The Bertz CT molecular complexity index is 1310. The molecule has 350 valence electrons. The van der Waals surface area contributed by atoms with E-state index in [2.05, 4.69) is 69.4 Å². The fourth-order valence-corrected chi connectivity index (χ4v) is 6.50. The maximum absolute atomic E-state index is 12.8. The largest absolute Gasteiger partial charge is 0.462 e. The van der Waals surface area contributed by atoms with E-state index in [9.17, 15) is 14.4 Å². The van der Waals surface area contributed by atoms with Crippen LogP contribution in [0, 0.1) is 0 Å². The van der Waals surface area contributed by atoms with Gasteiger partial charge in [0.05, 0.1) is 0 Å². The van der Waals surface area contributed by atoms with Crippen molar-refractivity contribution in [2.75, 3.05) is 13.2 Å². The molecule has 0 fully saturated rings. The highest BCUT2D eigenvalue weighted by atomic mass is 16.6. The molecule has 6 nitrogen and oxygen atoms in total. The number of hydrogen-bond acceptors (Lipinski definition) is 6. The zero-order valence-electron chi connectivity index (χ0n) is 39.8. The molecule has 1 unspecified atom stereocenters. The molecule has 0 amide bonds. The van der Waals surface area contributed by atoms with Gasteiger partial charge in [-0.1, -0.05) is 233 Å². The quantitative estimate of drug-likeness (QED) is 0.0200. The van der Waals surface area contributed by atoms with Crippen molar-refractivity contribution in [3.8, 4) is 0 Å². The molecule has 0 aliphatic carbocycles. The van der Waals surface area contributed by atoms with Crippen LogP contribution in [0.15, 0.2) is 109 Å². The maximum atomic E-state index is 12.8. The summed E-state index contributed by atoms with van der Waals surface area (Å²) in [6.45, 7) is 6.28. The standard InChI is InChI=1S/C56H90O6/c1-4-7-10-13-16-19-22-24-26-28-30-31-34-37-40-43-46-49-55(58)61-52-53(51-60-54(57)48-45-42-39-36-33-21-18-15-12-9-6-3)62-56(59)50-47-44-41-38-35-32-29-27-25-23-20-17-14-11-8-5-2/h7,9-10,12-13,16,18-19,21-22,24,26,28,30-31,34,36,39,53H,4-6,8,11,14-15,17,20,23,25,27,29,32-33,35,37-38,40-52H2,1-3H3/b10-7-,12-9-,16-13-,21-18-,22-19-,26-24-,30-28+,34-31-,39-36-. The van der Waals surface area contributed by atoms with Gasteiger partial charge >= 0.3 is 17.9 Å². The molecular formula is C56H90O6. The Morgan fingerprint density at radius 1 is 0.355 bits per heavy atom. The number of hydrogen-bond donors (Lipinski definition) is 0. The van der Waals surface area contributed by atoms with Gasteiger partial charge in [-0.05, 0) is 64.2 Å². The molecule has 0 bridgehead atoms. The van der Waals surface area contributed by atoms with Crippen LogP contribution in [0.2, 0.25) is 0 Å². The Morgan fingerprint density at radius 3 is 1.23 bits per heavy atom. The second-order valence-electron chi connectivity index (χ2n) is 16.1. The van der Waals surface area contributed by atoms with Crippen LogP contribution in [-0.2, 0) is 28.6 Å². The van der Waals surface area contributed by atoms with Crippen molar-refractivity contribution in [1.82, 2.24) is 0 Å². The lowest BCUT2D eigenvalue weighted by Gasteiger charge is -2.18. The highest BCUT2D eigenvalue weighted by Crippen LogP contribution is 2.15. The summed E-state index contributed by atoms with van der Waals surface area (Å²) in [6, 6.07) is 0. The normalized spacial score (nSPS) is 13.0. The summed E-state index contributed by atoms with van der Waals surface area (Å²) in [6.07, 6.45) is 66.5. The zero-order chi connectivity index (χ0) is 45.1. The summed E-state index contributed by atoms with van der Waals surface area (Å²) in [5.74, 6) is -1.02. The van der Waals surface area contributed by atoms with Crippen LogP contribution in [0.4, 0.5) is 0 Å². The van der Waals surface area contributed by atoms with Crippen LogP contribution in [0.5, 0.6) is 0 Å². The molecule has 62 heavy (non-hydrogen) atoms. The van der Waals surface area contributed by atoms with Gasteiger partial charge in [-0.15, -0.1) is 0 Å². The second-order valence-corrected chi connectivity index (χ2v) is 16.1. The van der Waals surface area contributed by atoms with Crippen molar-refractivity contribution in [3.63, 3.8) is 0 Å². The molecule has 0 aromatic carbocycles. The molecule has 6 heteroatoms. The maximum Gasteiger partial charge on any atom is 0.306 e. The van der Waals surface area contributed by atoms with Crippen molar-refractivity contribution < 1.29 is 28.6 Å². The fourth-order valence-electron chi connectivity index (χ4n) is 6.50. The zero-order valence-corrected chi connectivity index (χ0v) is 39.8. The lowest BCUT2D eigenvalue weighted by Crippen LogP contribution is -2.30. The van der Waals surface area contributed by atoms with Gasteiger partial charge in [0, 0.05) is 19.3 Å². The van der Waals surface area contributed by atoms with Crippen LogP contribution in [0.3, 0.4) is 0 Å². The van der Waals surface area contributed by atoms with Gasteiger partial charge in [0.15, 0.2) is 6.10 Å². The molecule has 0 radical (unpaired) electrons. The second kappa shape index (κ2) is 49.7. The van der Waals surface area contributed by atoms with Crippen molar-refractivity contribution >= 4 is 17.9 Å². The number of carbonyl (C=O) groups is 3. The minimum absolute atomic E-state index is 0.117. The van der Waals surface area contributed by atoms with Crippen LogP contribution < -0.4 is 0 Å². The Kier molecular flexibility index (Phi) is 46.6. The van der Waals surface area contributed by atoms with Crippen molar-refractivity contribution in [1.29, 1.82) is 0 Å². The van der Waals surface area contributed by atoms with Crippen LogP contribution in [0.25, 0.3) is 0 Å². The molecule has 0 aromatic rings. The third kappa shape index (κ3) is 47.1. The molecule has 0 rings (SSSR count). The van der Waals surface area contributed by atoms with Gasteiger partial charge in [-0.3, -0.25) is 14.4 Å². The van der Waals surface area contributed by atoms with E-state index in [4.69, 9.17) is 14.2 Å². The first-order chi connectivity index (χ1) is 30.5. The molecule has 0 aliphatic rings. The Balaban J connectivity index is 4.51. The van der Waals surface area contributed by atoms with E-state index >= 15 is 0 Å². The van der Waals surface area contributed by atoms with Crippen molar-refractivity contribution in [3.05, 3.63) is 109 Å². The number of carbonyl (C=O) groups excluding carboxylic acids is 3. The Morgan fingerprint density at radius 2 is 0.726 bits per heavy atom. The number of allylic oxidation sites excluding steroid dienone is 18.